The summed E-state index contributed by atoms with van der Waals surface area (Å²) < 4.78 is 10.3. The Bertz CT molecular complexity index is 312. The van der Waals surface area contributed by atoms with Crippen molar-refractivity contribution in [2.45, 2.75) is 26.7 Å². The van der Waals surface area contributed by atoms with E-state index < -0.39 is 17.5 Å². The van der Waals surface area contributed by atoms with E-state index in [-0.39, 0.29) is 0 Å². The van der Waals surface area contributed by atoms with Crippen LogP contribution in [0.4, 0.5) is 0 Å². The van der Waals surface area contributed by atoms with Gasteiger partial charge in [0, 0.05) is 0 Å². The lowest BCUT2D eigenvalue weighted by Gasteiger charge is -2.00. The summed E-state index contributed by atoms with van der Waals surface area (Å²) in [6, 6.07) is 0. The lowest BCUT2D eigenvalue weighted by molar-refractivity contribution is -0.140. The molecular formula is C14H22O6. The number of aliphatic carboxylic acids is 2. The number of unbranched alkanes of at least 4 members (excludes halogenated alkanes) is 1. The fourth-order valence-corrected chi connectivity index (χ4v) is 0.791. The van der Waals surface area contributed by atoms with Gasteiger partial charge in [-0.2, -0.15) is 0 Å². The van der Waals surface area contributed by atoms with Gasteiger partial charge in [-0.25, -0.2) is 9.59 Å². The minimum Gasteiger partial charge on any atom is -0.502 e. The third kappa shape index (κ3) is 15.8. The molecule has 0 aliphatic heterocycles. The van der Waals surface area contributed by atoms with Gasteiger partial charge in [0.05, 0.1) is 25.7 Å². The minimum absolute atomic E-state index is 0.781. The molecule has 20 heavy (non-hydrogen) atoms. The highest BCUT2D eigenvalue weighted by atomic mass is 16.5. The second-order valence-electron chi connectivity index (χ2n) is 3.48. The largest absolute Gasteiger partial charge is 0.502 e. The zero-order chi connectivity index (χ0) is 15.8. The van der Waals surface area contributed by atoms with Crippen LogP contribution < -0.4 is 0 Å². The Hall–Kier alpha value is -2.24. The summed E-state index contributed by atoms with van der Waals surface area (Å²) in [5, 5.41) is 15.7. The van der Waals surface area contributed by atoms with Crippen molar-refractivity contribution in [1.82, 2.24) is 0 Å². The molecule has 0 spiro atoms. The Labute approximate surface area is 119 Å². The maximum atomic E-state index is 9.66. The van der Waals surface area contributed by atoms with Gasteiger partial charge in [-0.3, -0.25) is 0 Å². The van der Waals surface area contributed by atoms with Gasteiger partial charge in [0.1, 0.15) is 5.57 Å². The molecule has 0 aromatic heterocycles. The van der Waals surface area contributed by atoms with E-state index in [1.807, 2.05) is 26.0 Å². The quantitative estimate of drug-likeness (QED) is 0.222. The van der Waals surface area contributed by atoms with Crippen LogP contribution in [0.15, 0.2) is 36.8 Å². The monoisotopic (exact) mass is 286 g/mol. The number of ether oxygens (including phenoxy) is 2. The van der Waals surface area contributed by atoms with Crippen molar-refractivity contribution in [3.05, 3.63) is 36.8 Å². The van der Waals surface area contributed by atoms with E-state index in [1.165, 1.54) is 0 Å². The lowest BCUT2D eigenvalue weighted by Crippen LogP contribution is -2.08. The molecular weight excluding hydrogens is 264 g/mol. The average Bonchev–Trinajstić information content (AvgIpc) is 2.41. The summed E-state index contributed by atoms with van der Waals surface area (Å²) in [5.41, 5.74) is -0.815. The molecule has 0 heterocycles. The maximum Gasteiger partial charge on any atom is 0.342 e. The molecule has 0 radical (unpaired) electrons. The summed E-state index contributed by atoms with van der Waals surface area (Å²) >= 11 is 0. The van der Waals surface area contributed by atoms with Gasteiger partial charge in [-0.1, -0.05) is 18.7 Å². The first kappa shape index (κ1) is 20.1. The standard InChI is InChI=1S/C10H18O2.C4H4O4/c1-3-7-11-9-5-6-10-12-8-4-2;1-2(3(5)6)4(7)8/h3-4,7-8H,5-6,9-10H2,1-2H3;1H2,(H,5,6)(H,7,8)/b7-3+,8-4+;. The molecule has 0 aliphatic carbocycles. The molecule has 0 aromatic carbocycles. The third-order valence-electron chi connectivity index (χ3n) is 1.76. The van der Waals surface area contributed by atoms with Crippen molar-refractivity contribution in [3.63, 3.8) is 0 Å². The summed E-state index contributed by atoms with van der Waals surface area (Å²) in [6.45, 7) is 8.20. The Kier molecular flexibility index (Phi) is 14.9. The van der Waals surface area contributed by atoms with Crippen molar-refractivity contribution in [2.75, 3.05) is 13.2 Å². The van der Waals surface area contributed by atoms with Gasteiger partial charge in [0.25, 0.3) is 0 Å². The van der Waals surface area contributed by atoms with Gasteiger partial charge in [0.2, 0.25) is 0 Å². The van der Waals surface area contributed by atoms with Crippen LogP contribution in [0, 0.1) is 0 Å². The fourth-order valence-electron chi connectivity index (χ4n) is 0.791. The van der Waals surface area contributed by atoms with E-state index in [0.29, 0.717) is 0 Å². The Morgan fingerprint density at radius 1 is 0.950 bits per heavy atom. The third-order valence-corrected chi connectivity index (χ3v) is 1.76. The summed E-state index contributed by atoms with van der Waals surface area (Å²) in [6.07, 6.45) is 9.29. The van der Waals surface area contributed by atoms with E-state index in [1.54, 1.807) is 12.5 Å². The maximum absolute atomic E-state index is 9.66. The molecule has 0 saturated carbocycles. The van der Waals surface area contributed by atoms with Gasteiger partial charge in [-0.15, -0.1) is 0 Å². The number of allylic oxidation sites excluding steroid dienone is 2. The first-order valence-corrected chi connectivity index (χ1v) is 6.08. The van der Waals surface area contributed by atoms with E-state index in [0.717, 1.165) is 26.1 Å². The van der Waals surface area contributed by atoms with Crippen LogP contribution in [0.5, 0.6) is 0 Å². The number of carbonyl (C=O) groups is 2. The van der Waals surface area contributed by atoms with Crippen molar-refractivity contribution in [1.29, 1.82) is 0 Å². The second kappa shape index (κ2) is 14.8. The number of rotatable bonds is 9. The van der Waals surface area contributed by atoms with E-state index in [9.17, 15) is 9.59 Å². The van der Waals surface area contributed by atoms with Gasteiger partial charge < -0.3 is 19.7 Å². The van der Waals surface area contributed by atoms with Crippen molar-refractivity contribution >= 4 is 11.9 Å². The molecule has 2 N–H and O–H groups in total. The highest BCUT2D eigenvalue weighted by molar-refractivity contribution is 6.11. The van der Waals surface area contributed by atoms with Crippen LogP contribution in [-0.4, -0.2) is 35.4 Å². The predicted molar refractivity (Wildman–Crippen MR) is 75.2 cm³/mol. The molecule has 0 rings (SSSR count). The van der Waals surface area contributed by atoms with E-state index in [4.69, 9.17) is 19.7 Å². The molecule has 0 atom stereocenters. The normalized spacial score (nSPS) is 9.90. The summed E-state index contributed by atoms with van der Waals surface area (Å²) in [7, 11) is 0. The molecule has 6 nitrogen and oxygen atoms in total. The predicted octanol–water partition coefficient (Wildman–Crippen LogP) is 2.58. The Morgan fingerprint density at radius 2 is 1.30 bits per heavy atom. The molecule has 0 bridgehead atoms. The van der Waals surface area contributed by atoms with E-state index >= 15 is 0 Å². The molecule has 6 heteroatoms. The van der Waals surface area contributed by atoms with Crippen molar-refractivity contribution in [3.8, 4) is 0 Å². The van der Waals surface area contributed by atoms with Gasteiger partial charge in [-0.05, 0) is 26.7 Å². The van der Waals surface area contributed by atoms with Crippen molar-refractivity contribution in [2.24, 2.45) is 0 Å². The minimum atomic E-state index is -1.50. The molecule has 0 aliphatic rings. The molecule has 0 unspecified atom stereocenters. The van der Waals surface area contributed by atoms with Crippen LogP contribution in [0.3, 0.4) is 0 Å². The van der Waals surface area contributed by atoms with Crippen LogP contribution in [0.2, 0.25) is 0 Å². The molecule has 0 aromatic rings. The fraction of sp³-hybridized carbons (Fsp3) is 0.429. The lowest BCUT2D eigenvalue weighted by atomic mass is 10.3. The zero-order valence-corrected chi connectivity index (χ0v) is 11.9. The van der Waals surface area contributed by atoms with Crippen LogP contribution in [-0.2, 0) is 19.1 Å². The number of hydrogen-bond acceptors (Lipinski definition) is 4. The number of carboxylic acid groups (broad SMARTS) is 2. The van der Waals surface area contributed by atoms with Crippen LogP contribution in [0.25, 0.3) is 0 Å². The summed E-state index contributed by atoms with van der Waals surface area (Å²) in [4.78, 5) is 19.3. The van der Waals surface area contributed by atoms with Crippen LogP contribution in [0.1, 0.15) is 26.7 Å². The molecule has 0 fully saturated rings. The Morgan fingerprint density at radius 3 is 1.50 bits per heavy atom. The van der Waals surface area contributed by atoms with Gasteiger partial charge >= 0.3 is 11.9 Å². The molecule has 114 valence electrons. The van der Waals surface area contributed by atoms with E-state index in [2.05, 4.69) is 6.58 Å². The topological polar surface area (TPSA) is 93.1 Å². The Balaban J connectivity index is 0. The number of carboxylic acids is 2. The number of hydrogen-bond donors (Lipinski definition) is 2. The summed E-state index contributed by atoms with van der Waals surface area (Å²) in [5.74, 6) is -3.00. The second-order valence-corrected chi connectivity index (χ2v) is 3.48. The molecule has 0 saturated heterocycles. The highest BCUT2D eigenvalue weighted by Gasteiger charge is 2.10. The van der Waals surface area contributed by atoms with Gasteiger partial charge in [0.15, 0.2) is 0 Å². The highest BCUT2D eigenvalue weighted by Crippen LogP contribution is 1.92. The zero-order valence-electron chi connectivity index (χ0n) is 11.9. The first-order chi connectivity index (χ1) is 9.47. The van der Waals surface area contributed by atoms with Crippen LogP contribution >= 0.6 is 0 Å². The molecule has 0 amide bonds. The average molecular weight is 286 g/mol. The van der Waals surface area contributed by atoms with Crippen molar-refractivity contribution < 1.29 is 29.3 Å². The SMILES string of the molecule is C/C=C/OCCCCO/C=C/C.C=C(C(=O)O)C(=O)O. The smallest absolute Gasteiger partial charge is 0.342 e. The first-order valence-electron chi connectivity index (χ1n) is 6.08.